The van der Waals surface area contributed by atoms with Gasteiger partial charge in [0.2, 0.25) is 0 Å². The molecule has 0 amide bonds. The third-order valence-corrected chi connectivity index (χ3v) is 3.69. The Morgan fingerprint density at radius 2 is 2.05 bits per heavy atom. The first-order chi connectivity index (χ1) is 9.69. The fourth-order valence-electron chi connectivity index (χ4n) is 2.56. The van der Waals surface area contributed by atoms with Gasteiger partial charge in [0.1, 0.15) is 6.10 Å². The highest BCUT2D eigenvalue weighted by Gasteiger charge is 2.23. The van der Waals surface area contributed by atoms with Crippen LogP contribution in [-0.2, 0) is 16.2 Å². The highest BCUT2D eigenvalue weighted by Crippen LogP contribution is 2.31. The highest BCUT2D eigenvalue weighted by molar-refractivity contribution is 5.88. The summed E-state index contributed by atoms with van der Waals surface area (Å²) >= 11 is 0. The van der Waals surface area contributed by atoms with E-state index in [-0.39, 0.29) is 0 Å². The van der Waals surface area contributed by atoms with Crippen LogP contribution in [0.5, 0.6) is 0 Å². The molecule has 0 aromatic heterocycles. The van der Waals surface area contributed by atoms with Gasteiger partial charge in [0, 0.05) is 0 Å². The molecule has 1 fully saturated rings. The van der Waals surface area contributed by atoms with E-state index in [2.05, 4.69) is 13.8 Å². The average Bonchev–Trinajstić information content (AvgIpc) is 2.46. The van der Waals surface area contributed by atoms with Gasteiger partial charge in [0.15, 0.2) is 0 Å². The number of benzene rings is 1. The standard InChI is InChI=1S/C17H23O3/c1-3-5-14-8-10-15(11-9-14)17(18)20-19-16-7-4-6-13(2)12-16/h8-11,13H,3-7,12H2,1-2H3. The van der Waals surface area contributed by atoms with E-state index in [4.69, 9.17) is 9.78 Å². The number of hydrogen-bond donors (Lipinski definition) is 0. The third kappa shape index (κ3) is 4.34. The summed E-state index contributed by atoms with van der Waals surface area (Å²) in [6.07, 6.45) is 7.14. The van der Waals surface area contributed by atoms with Gasteiger partial charge in [-0.15, -0.1) is 0 Å². The molecule has 3 nitrogen and oxygen atoms in total. The predicted octanol–water partition coefficient (Wildman–Crippen LogP) is 4.47. The molecule has 1 aromatic carbocycles. The van der Waals surface area contributed by atoms with Gasteiger partial charge in [-0.05, 0) is 42.9 Å². The molecule has 1 aliphatic carbocycles. The zero-order valence-electron chi connectivity index (χ0n) is 12.4. The minimum Gasteiger partial charge on any atom is -0.292 e. The van der Waals surface area contributed by atoms with Crippen molar-refractivity contribution in [2.24, 2.45) is 5.92 Å². The lowest BCUT2D eigenvalue weighted by atomic mass is 9.89. The van der Waals surface area contributed by atoms with Crippen LogP contribution in [0.4, 0.5) is 0 Å². The van der Waals surface area contributed by atoms with Crippen molar-refractivity contribution >= 4 is 5.97 Å². The topological polar surface area (TPSA) is 35.5 Å². The first kappa shape index (κ1) is 15.0. The number of carbonyl (C=O) groups excluding carboxylic acids is 1. The quantitative estimate of drug-likeness (QED) is 0.587. The summed E-state index contributed by atoms with van der Waals surface area (Å²) in [7, 11) is 0. The molecule has 0 saturated heterocycles. The van der Waals surface area contributed by atoms with Crippen molar-refractivity contribution in [3.05, 3.63) is 41.5 Å². The summed E-state index contributed by atoms with van der Waals surface area (Å²) in [4.78, 5) is 22.0. The van der Waals surface area contributed by atoms with Crippen LogP contribution in [0.3, 0.4) is 0 Å². The Hall–Kier alpha value is -1.35. The van der Waals surface area contributed by atoms with E-state index in [1.807, 2.05) is 12.1 Å². The number of aryl methyl sites for hydroxylation is 1. The van der Waals surface area contributed by atoms with Crippen molar-refractivity contribution in [1.29, 1.82) is 0 Å². The van der Waals surface area contributed by atoms with Crippen LogP contribution in [0.15, 0.2) is 24.3 Å². The largest absolute Gasteiger partial charge is 0.373 e. The van der Waals surface area contributed by atoms with E-state index < -0.39 is 5.97 Å². The molecule has 109 valence electrons. The smallest absolute Gasteiger partial charge is 0.292 e. The molecular formula is C17H23O3. The Morgan fingerprint density at radius 3 is 2.70 bits per heavy atom. The highest BCUT2D eigenvalue weighted by atomic mass is 17.2. The van der Waals surface area contributed by atoms with Crippen molar-refractivity contribution in [2.45, 2.75) is 52.4 Å². The first-order valence-corrected chi connectivity index (χ1v) is 7.51. The van der Waals surface area contributed by atoms with Crippen LogP contribution in [0.25, 0.3) is 0 Å². The van der Waals surface area contributed by atoms with Gasteiger partial charge < -0.3 is 0 Å². The average molecular weight is 275 g/mol. The molecule has 1 radical (unpaired) electrons. The molecule has 0 bridgehead atoms. The maximum Gasteiger partial charge on any atom is 0.373 e. The molecule has 1 unspecified atom stereocenters. The lowest BCUT2D eigenvalue weighted by molar-refractivity contribution is -0.241. The SMILES string of the molecule is CCCc1ccc(C(=O)OO[C]2CCCC(C)C2)cc1. The summed E-state index contributed by atoms with van der Waals surface area (Å²) < 4.78 is 0. The van der Waals surface area contributed by atoms with Crippen LogP contribution >= 0.6 is 0 Å². The van der Waals surface area contributed by atoms with Crippen molar-refractivity contribution in [3.63, 3.8) is 0 Å². The molecule has 1 aliphatic rings. The molecule has 0 heterocycles. The molecule has 0 N–H and O–H groups in total. The molecule has 0 aliphatic heterocycles. The molecule has 1 aromatic rings. The van der Waals surface area contributed by atoms with Crippen molar-refractivity contribution < 1.29 is 14.6 Å². The molecule has 0 spiro atoms. The lowest BCUT2D eigenvalue weighted by Gasteiger charge is -2.23. The third-order valence-electron chi connectivity index (χ3n) is 3.69. The summed E-state index contributed by atoms with van der Waals surface area (Å²) in [6.45, 7) is 4.33. The van der Waals surface area contributed by atoms with E-state index in [0.29, 0.717) is 11.5 Å². The normalized spacial score (nSPS) is 19.8. The molecular weight excluding hydrogens is 252 g/mol. The Labute approximate surface area is 121 Å². The summed E-state index contributed by atoms with van der Waals surface area (Å²) in [5.41, 5.74) is 1.77. The maximum absolute atomic E-state index is 11.9. The Balaban J connectivity index is 1.82. The summed E-state index contributed by atoms with van der Waals surface area (Å²) in [5.74, 6) is 0.199. The minimum atomic E-state index is -0.418. The van der Waals surface area contributed by atoms with Crippen LogP contribution in [0.2, 0.25) is 0 Å². The minimum absolute atomic E-state index is 0.418. The first-order valence-electron chi connectivity index (χ1n) is 7.51. The molecule has 1 atom stereocenters. The van der Waals surface area contributed by atoms with Crippen molar-refractivity contribution in [3.8, 4) is 0 Å². The van der Waals surface area contributed by atoms with Crippen LogP contribution < -0.4 is 0 Å². The predicted molar refractivity (Wildman–Crippen MR) is 77.8 cm³/mol. The van der Waals surface area contributed by atoms with E-state index in [1.54, 1.807) is 12.1 Å². The second-order valence-corrected chi connectivity index (χ2v) is 5.64. The monoisotopic (exact) mass is 275 g/mol. The van der Waals surface area contributed by atoms with Gasteiger partial charge in [0.05, 0.1) is 5.56 Å². The lowest BCUT2D eigenvalue weighted by Crippen LogP contribution is -2.16. The molecule has 1 saturated carbocycles. The maximum atomic E-state index is 11.9. The number of rotatable bonds is 5. The van der Waals surface area contributed by atoms with Crippen molar-refractivity contribution in [1.82, 2.24) is 0 Å². The number of carbonyl (C=O) groups is 1. The van der Waals surface area contributed by atoms with E-state index in [9.17, 15) is 4.79 Å². The van der Waals surface area contributed by atoms with Crippen LogP contribution in [0, 0.1) is 12.0 Å². The van der Waals surface area contributed by atoms with E-state index in [0.717, 1.165) is 38.2 Å². The fraction of sp³-hybridized carbons (Fsp3) is 0.529. The van der Waals surface area contributed by atoms with Gasteiger partial charge in [-0.1, -0.05) is 45.2 Å². The Kier molecular flexibility index (Phi) is 5.60. The fourth-order valence-corrected chi connectivity index (χ4v) is 2.56. The van der Waals surface area contributed by atoms with Gasteiger partial charge in [-0.3, -0.25) is 4.89 Å². The molecule has 3 heteroatoms. The number of hydrogen-bond acceptors (Lipinski definition) is 3. The van der Waals surface area contributed by atoms with E-state index >= 15 is 0 Å². The van der Waals surface area contributed by atoms with Gasteiger partial charge in [0.25, 0.3) is 0 Å². The molecule has 20 heavy (non-hydrogen) atoms. The molecule has 2 rings (SSSR count). The van der Waals surface area contributed by atoms with Gasteiger partial charge >= 0.3 is 5.97 Å². The van der Waals surface area contributed by atoms with Gasteiger partial charge in [-0.2, -0.15) is 4.89 Å². The van der Waals surface area contributed by atoms with E-state index in [1.165, 1.54) is 12.0 Å². The van der Waals surface area contributed by atoms with Crippen LogP contribution in [0.1, 0.15) is 61.9 Å². The second kappa shape index (κ2) is 7.44. The second-order valence-electron chi connectivity index (χ2n) is 5.64. The summed E-state index contributed by atoms with van der Waals surface area (Å²) in [6, 6.07) is 7.53. The summed E-state index contributed by atoms with van der Waals surface area (Å²) in [5, 5.41) is 0. The Bertz CT molecular complexity index is 424. The zero-order chi connectivity index (χ0) is 14.4. The van der Waals surface area contributed by atoms with Crippen LogP contribution in [-0.4, -0.2) is 5.97 Å². The van der Waals surface area contributed by atoms with Gasteiger partial charge in [-0.25, -0.2) is 4.79 Å². The van der Waals surface area contributed by atoms with Crippen molar-refractivity contribution in [2.75, 3.05) is 0 Å². The Morgan fingerprint density at radius 1 is 1.30 bits per heavy atom. The zero-order valence-corrected chi connectivity index (χ0v) is 12.4.